The van der Waals surface area contributed by atoms with E-state index in [0.29, 0.717) is 5.92 Å². The third kappa shape index (κ3) is 1.43. The lowest BCUT2D eigenvalue weighted by Crippen LogP contribution is -1.95. The summed E-state index contributed by atoms with van der Waals surface area (Å²) < 4.78 is 5.53. The lowest BCUT2D eigenvalue weighted by molar-refractivity contribution is 0.357. The van der Waals surface area contributed by atoms with E-state index < -0.39 is 0 Å². The minimum Gasteiger partial charge on any atom is -0.493 e. The van der Waals surface area contributed by atoms with E-state index in [2.05, 4.69) is 32.0 Å². The first kappa shape index (κ1) is 8.61. The molecule has 1 aliphatic heterocycles. The van der Waals surface area contributed by atoms with E-state index in [-0.39, 0.29) is 0 Å². The van der Waals surface area contributed by atoms with Crippen LogP contribution in [0.4, 0.5) is 0 Å². The molecular formula is C12H16O. The molecule has 0 aliphatic carbocycles. The van der Waals surface area contributed by atoms with Crippen molar-refractivity contribution in [3.05, 3.63) is 29.3 Å². The van der Waals surface area contributed by atoms with Crippen LogP contribution >= 0.6 is 0 Å². The van der Waals surface area contributed by atoms with Crippen LogP contribution in [-0.2, 0) is 6.42 Å². The Morgan fingerprint density at radius 1 is 1.46 bits per heavy atom. The molecule has 1 unspecified atom stereocenters. The molecule has 1 aromatic carbocycles. The minimum atomic E-state index is 0.664. The van der Waals surface area contributed by atoms with Gasteiger partial charge in [0.1, 0.15) is 5.75 Å². The zero-order valence-corrected chi connectivity index (χ0v) is 8.34. The van der Waals surface area contributed by atoms with Gasteiger partial charge in [0.2, 0.25) is 0 Å². The van der Waals surface area contributed by atoms with Crippen LogP contribution in [0.5, 0.6) is 5.75 Å². The Balaban J connectivity index is 2.41. The summed E-state index contributed by atoms with van der Waals surface area (Å²) in [6.45, 7) is 5.39. The highest BCUT2D eigenvalue weighted by Gasteiger charge is 2.17. The van der Waals surface area contributed by atoms with Crippen LogP contribution in [0.15, 0.2) is 18.2 Å². The van der Waals surface area contributed by atoms with Gasteiger partial charge in [-0.3, -0.25) is 0 Å². The summed E-state index contributed by atoms with van der Waals surface area (Å²) in [6.07, 6.45) is 2.30. The van der Waals surface area contributed by atoms with E-state index >= 15 is 0 Å². The number of fused-ring (bicyclic) bond motifs is 1. The highest BCUT2D eigenvalue weighted by molar-refractivity contribution is 5.44. The van der Waals surface area contributed by atoms with Crippen molar-refractivity contribution in [2.45, 2.75) is 32.6 Å². The maximum atomic E-state index is 5.53. The lowest BCUT2D eigenvalue weighted by Gasteiger charge is -2.12. The molecule has 2 rings (SSSR count). The molecule has 1 atom stereocenters. The predicted octanol–water partition coefficient (Wildman–Crippen LogP) is 3.14. The maximum Gasteiger partial charge on any atom is 0.122 e. The van der Waals surface area contributed by atoms with Gasteiger partial charge in [-0.05, 0) is 24.0 Å². The summed E-state index contributed by atoms with van der Waals surface area (Å²) in [5, 5.41) is 0. The summed E-state index contributed by atoms with van der Waals surface area (Å²) in [6, 6.07) is 6.42. The second kappa shape index (κ2) is 3.41. The first-order chi connectivity index (χ1) is 6.33. The number of hydrogen-bond donors (Lipinski definition) is 0. The molecule has 0 N–H and O–H groups in total. The van der Waals surface area contributed by atoms with E-state index in [4.69, 9.17) is 4.74 Å². The zero-order chi connectivity index (χ0) is 9.26. The molecule has 1 heteroatoms. The van der Waals surface area contributed by atoms with Crippen LogP contribution in [-0.4, -0.2) is 6.61 Å². The van der Waals surface area contributed by atoms with Crippen molar-refractivity contribution < 1.29 is 4.74 Å². The van der Waals surface area contributed by atoms with Crippen molar-refractivity contribution in [2.75, 3.05) is 6.61 Å². The SMILES string of the molecule is CCC(C)c1cccc2c1CCO2. The number of hydrogen-bond acceptors (Lipinski definition) is 1. The Hall–Kier alpha value is -0.980. The zero-order valence-electron chi connectivity index (χ0n) is 8.34. The van der Waals surface area contributed by atoms with E-state index in [1.807, 2.05) is 0 Å². The molecule has 13 heavy (non-hydrogen) atoms. The first-order valence-corrected chi connectivity index (χ1v) is 5.07. The quantitative estimate of drug-likeness (QED) is 0.672. The van der Waals surface area contributed by atoms with Gasteiger partial charge in [-0.25, -0.2) is 0 Å². The summed E-state index contributed by atoms with van der Waals surface area (Å²) >= 11 is 0. The van der Waals surface area contributed by atoms with Gasteiger partial charge in [0.15, 0.2) is 0 Å². The molecule has 0 spiro atoms. The Bertz CT molecular complexity index is 304. The summed E-state index contributed by atoms with van der Waals surface area (Å²) in [5.74, 6) is 1.77. The van der Waals surface area contributed by atoms with Crippen LogP contribution in [0.3, 0.4) is 0 Å². The topological polar surface area (TPSA) is 9.23 Å². The van der Waals surface area contributed by atoms with Crippen molar-refractivity contribution in [1.82, 2.24) is 0 Å². The van der Waals surface area contributed by atoms with E-state index in [0.717, 1.165) is 18.8 Å². The minimum absolute atomic E-state index is 0.664. The van der Waals surface area contributed by atoms with E-state index in [1.165, 1.54) is 17.5 Å². The van der Waals surface area contributed by atoms with Gasteiger partial charge < -0.3 is 4.74 Å². The average Bonchev–Trinajstić information content (AvgIpc) is 2.63. The molecule has 1 aromatic rings. The van der Waals surface area contributed by atoms with Crippen molar-refractivity contribution >= 4 is 0 Å². The van der Waals surface area contributed by atoms with Crippen molar-refractivity contribution in [1.29, 1.82) is 0 Å². The van der Waals surface area contributed by atoms with Gasteiger partial charge in [0, 0.05) is 12.0 Å². The Morgan fingerprint density at radius 2 is 2.31 bits per heavy atom. The molecule has 0 amide bonds. The molecule has 70 valence electrons. The van der Waals surface area contributed by atoms with Crippen LogP contribution in [0.2, 0.25) is 0 Å². The standard InChI is InChI=1S/C12H16O/c1-3-9(2)10-5-4-6-12-11(10)7-8-13-12/h4-6,9H,3,7-8H2,1-2H3. The molecule has 0 radical (unpaired) electrons. The van der Waals surface area contributed by atoms with Gasteiger partial charge in [-0.1, -0.05) is 26.0 Å². The van der Waals surface area contributed by atoms with Crippen molar-refractivity contribution in [2.24, 2.45) is 0 Å². The van der Waals surface area contributed by atoms with Gasteiger partial charge in [-0.15, -0.1) is 0 Å². The third-order valence-electron chi connectivity index (χ3n) is 2.92. The maximum absolute atomic E-state index is 5.53. The summed E-state index contributed by atoms with van der Waals surface area (Å²) in [5.41, 5.74) is 2.93. The molecule has 0 saturated heterocycles. The van der Waals surface area contributed by atoms with Gasteiger partial charge >= 0.3 is 0 Å². The van der Waals surface area contributed by atoms with Crippen molar-refractivity contribution in [3.63, 3.8) is 0 Å². The van der Waals surface area contributed by atoms with Crippen molar-refractivity contribution in [3.8, 4) is 5.75 Å². The fourth-order valence-corrected chi connectivity index (χ4v) is 1.93. The van der Waals surface area contributed by atoms with E-state index in [1.54, 1.807) is 0 Å². The molecule has 1 heterocycles. The number of ether oxygens (including phenoxy) is 1. The van der Waals surface area contributed by atoms with Crippen LogP contribution < -0.4 is 4.74 Å². The molecule has 0 bridgehead atoms. The molecule has 1 aliphatic rings. The van der Waals surface area contributed by atoms with Gasteiger partial charge in [0.25, 0.3) is 0 Å². The number of benzene rings is 1. The lowest BCUT2D eigenvalue weighted by atomic mass is 9.92. The fourth-order valence-electron chi connectivity index (χ4n) is 1.93. The normalized spacial score (nSPS) is 16.5. The second-order valence-corrected chi connectivity index (χ2v) is 3.73. The van der Waals surface area contributed by atoms with Crippen LogP contribution in [0.25, 0.3) is 0 Å². The Kier molecular flexibility index (Phi) is 2.26. The molecule has 1 nitrogen and oxygen atoms in total. The molecule has 0 fully saturated rings. The molecule has 0 aromatic heterocycles. The van der Waals surface area contributed by atoms with Gasteiger partial charge in [0.05, 0.1) is 6.61 Å². The Labute approximate surface area is 79.7 Å². The van der Waals surface area contributed by atoms with Gasteiger partial charge in [-0.2, -0.15) is 0 Å². The predicted molar refractivity (Wildman–Crippen MR) is 54.3 cm³/mol. The third-order valence-corrected chi connectivity index (χ3v) is 2.92. The second-order valence-electron chi connectivity index (χ2n) is 3.73. The number of rotatable bonds is 2. The smallest absolute Gasteiger partial charge is 0.122 e. The fraction of sp³-hybridized carbons (Fsp3) is 0.500. The highest BCUT2D eigenvalue weighted by Crippen LogP contribution is 2.33. The van der Waals surface area contributed by atoms with Crippen LogP contribution in [0.1, 0.15) is 37.3 Å². The largest absolute Gasteiger partial charge is 0.493 e. The average molecular weight is 176 g/mol. The molecular weight excluding hydrogens is 160 g/mol. The first-order valence-electron chi connectivity index (χ1n) is 5.07. The summed E-state index contributed by atoms with van der Waals surface area (Å²) in [7, 11) is 0. The Morgan fingerprint density at radius 3 is 3.08 bits per heavy atom. The highest BCUT2D eigenvalue weighted by atomic mass is 16.5. The summed E-state index contributed by atoms with van der Waals surface area (Å²) in [4.78, 5) is 0. The monoisotopic (exact) mass is 176 g/mol. The molecule has 0 saturated carbocycles. The van der Waals surface area contributed by atoms with Crippen LogP contribution in [0, 0.1) is 0 Å². The van der Waals surface area contributed by atoms with E-state index in [9.17, 15) is 0 Å².